The summed E-state index contributed by atoms with van der Waals surface area (Å²) < 4.78 is 32.2. The SMILES string of the molecule is Cc1cc(NS(=O)(=O)c2cccc(C(=O)N(C)Cc3ccccc3)c2)no1. The first-order valence-corrected chi connectivity index (χ1v) is 9.69. The highest BCUT2D eigenvalue weighted by molar-refractivity contribution is 7.92. The first-order chi connectivity index (χ1) is 12.8. The van der Waals surface area contributed by atoms with Crippen LogP contribution < -0.4 is 4.72 Å². The van der Waals surface area contributed by atoms with Crippen LogP contribution in [0.5, 0.6) is 0 Å². The molecule has 1 aromatic heterocycles. The predicted molar refractivity (Wildman–Crippen MR) is 101 cm³/mol. The molecule has 1 N–H and O–H groups in total. The third kappa shape index (κ3) is 4.53. The molecule has 0 aliphatic carbocycles. The van der Waals surface area contributed by atoms with Crippen LogP contribution in [0, 0.1) is 6.92 Å². The Labute approximate surface area is 157 Å². The Morgan fingerprint density at radius 3 is 2.52 bits per heavy atom. The number of amides is 1. The highest BCUT2D eigenvalue weighted by Crippen LogP contribution is 2.18. The Hall–Kier alpha value is -3.13. The van der Waals surface area contributed by atoms with Crippen LogP contribution in [0.25, 0.3) is 0 Å². The van der Waals surface area contributed by atoms with Gasteiger partial charge in [-0.1, -0.05) is 41.6 Å². The number of hydrogen-bond donors (Lipinski definition) is 1. The summed E-state index contributed by atoms with van der Waals surface area (Å²) in [6.45, 7) is 2.08. The van der Waals surface area contributed by atoms with Crippen LogP contribution >= 0.6 is 0 Å². The van der Waals surface area contributed by atoms with Gasteiger partial charge in [-0.2, -0.15) is 0 Å². The lowest BCUT2D eigenvalue weighted by Gasteiger charge is -2.17. The van der Waals surface area contributed by atoms with Crippen molar-refractivity contribution in [2.45, 2.75) is 18.4 Å². The molecular formula is C19H19N3O4S. The zero-order valence-corrected chi connectivity index (χ0v) is 15.7. The number of nitrogens with one attached hydrogen (secondary N) is 1. The Morgan fingerprint density at radius 2 is 1.85 bits per heavy atom. The zero-order valence-electron chi connectivity index (χ0n) is 14.9. The number of anilines is 1. The Balaban J connectivity index is 1.79. The van der Waals surface area contributed by atoms with Gasteiger partial charge in [-0.15, -0.1) is 0 Å². The Kier molecular flexibility index (Phi) is 5.27. The Bertz CT molecular complexity index is 1050. The van der Waals surface area contributed by atoms with E-state index >= 15 is 0 Å². The highest BCUT2D eigenvalue weighted by atomic mass is 32.2. The molecule has 0 unspecified atom stereocenters. The summed E-state index contributed by atoms with van der Waals surface area (Å²) in [5.41, 5.74) is 1.27. The van der Waals surface area contributed by atoms with Crippen molar-refractivity contribution in [3.05, 3.63) is 77.6 Å². The molecule has 0 bridgehead atoms. The fraction of sp³-hybridized carbons (Fsp3) is 0.158. The average molecular weight is 385 g/mol. The monoisotopic (exact) mass is 385 g/mol. The molecule has 0 spiro atoms. The molecule has 0 saturated carbocycles. The lowest BCUT2D eigenvalue weighted by Crippen LogP contribution is -2.26. The summed E-state index contributed by atoms with van der Waals surface area (Å²) in [4.78, 5) is 14.2. The second-order valence-electron chi connectivity index (χ2n) is 6.10. The topological polar surface area (TPSA) is 92.5 Å². The average Bonchev–Trinajstić information content (AvgIpc) is 3.06. The molecule has 140 valence electrons. The molecular weight excluding hydrogens is 366 g/mol. The van der Waals surface area contributed by atoms with Gasteiger partial charge in [0.1, 0.15) is 5.76 Å². The molecule has 7 nitrogen and oxygen atoms in total. The van der Waals surface area contributed by atoms with Crippen molar-refractivity contribution >= 4 is 21.7 Å². The number of aromatic nitrogens is 1. The Morgan fingerprint density at radius 1 is 1.11 bits per heavy atom. The molecule has 3 rings (SSSR count). The summed E-state index contributed by atoms with van der Waals surface area (Å²) in [7, 11) is -2.21. The van der Waals surface area contributed by atoms with Crippen molar-refractivity contribution in [2.75, 3.05) is 11.8 Å². The molecule has 0 saturated heterocycles. The van der Waals surface area contributed by atoms with Crippen molar-refractivity contribution in [3.8, 4) is 0 Å². The van der Waals surface area contributed by atoms with Crippen molar-refractivity contribution in [1.82, 2.24) is 10.1 Å². The number of nitrogens with zero attached hydrogens (tertiary/aromatic N) is 2. The largest absolute Gasteiger partial charge is 0.360 e. The third-order valence-electron chi connectivity index (χ3n) is 3.87. The minimum Gasteiger partial charge on any atom is -0.360 e. The fourth-order valence-electron chi connectivity index (χ4n) is 2.56. The van der Waals surface area contributed by atoms with Crippen LogP contribution in [-0.4, -0.2) is 31.4 Å². The van der Waals surface area contributed by atoms with Gasteiger partial charge in [-0.3, -0.25) is 9.52 Å². The van der Waals surface area contributed by atoms with Crippen LogP contribution in [0.15, 0.2) is 70.1 Å². The summed E-state index contributed by atoms with van der Waals surface area (Å²) in [5.74, 6) is 0.303. The van der Waals surface area contributed by atoms with Crippen LogP contribution in [-0.2, 0) is 16.6 Å². The lowest BCUT2D eigenvalue weighted by molar-refractivity contribution is 0.0785. The summed E-state index contributed by atoms with van der Waals surface area (Å²) in [6.07, 6.45) is 0. The van der Waals surface area contributed by atoms with Gasteiger partial charge in [0.05, 0.1) is 4.90 Å². The van der Waals surface area contributed by atoms with Gasteiger partial charge in [0.25, 0.3) is 15.9 Å². The number of sulfonamides is 1. The van der Waals surface area contributed by atoms with E-state index in [9.17, 15) is 13.2 Å². The van der Waals surface area contributed by atoms with E-state index in [0.717, 1.165) is 5.56 Å². The first-order valence-electron chi connectivity index (χ1n) is 8.21. The number of carbonyl (C=O) groups excluding carboxylic acids is 1. The van der Waals surface area contributed by atoms with Gasteiger partial charge in [0, 0.05) is 25.2 Å². The fourth-order valence-corrected chi connectivity index (χ4v) is 3.59. The molecule has 2 aromatic carbocycles. The van der Waals surface area contributed by atoms with Gasteiger partial charge in [-0.05, 0) is 30.7 Å². The highest BCUT2D eigenvalue weighted by Gasteiger charge is 2.19. The van der Waals surface area contributed by atoms with E-state index in [1.54, 1.807) is 20.0 Å². The maximum Gasteiger partial charge on any atom is 0.263 e. The predicted octanol–water partition coefficient (Wildman–Crippen LogP) is 3.06. The third-order valence-corrected chi connectivity index (χ3v) is 5.22. The van der Waals surface area contributed by atoms with E-state index in [1.165, 1.54) is 29.2 Å². The molecule has 8 heteroatoms. The molecule has 27 heavy (non-hydrogen) atoms. The molecule has 1 amide bonds. The molecule has 0 aliphatic rings. The van der Waals surface area contributed by atoms with Crippen molar-refractivity contribution in [3.63, 3.8) is 0 Å². The van der Waals surface area contributed by atoms with Gasteiger partial charge in [-0.25, -0.2) is 8.42 Å². The van der Waals surface area contributed by atoms with Crippen molar-refractivity contribution < 1.29 is 17.7 Å². The van der Waals surface area contributed by atoms with Gasteiger partial charge in [0.2, 0.25) is 0 Å². The number of carbonyl (C=O) groups is 1. The molecule has 0 fully saturated rings. The summed E-state index contributed by atoms with van der Waals surface area (Å²) in [6, 6.07) is 16.9. The van der Waals surface area contributed by atoms with Gasteiger partial charge >= 0.3 is 0 Å². The van der Waals surface area contributed by atoms with E-state index in [0.29, 0.717) is 12.3 Å². The van der Waals surface area contributed by atoms with E-state index in [2.05, 4.69) is 9.88 Å². The molecule has 1 heterocycles. The van der Waals surface area contributed by atoms with Crippen LogP contribution in [0.1, 0.15) is 21.7 Å². The number of hydrogen-bond acceptors (Lipinski definition) is 5. The number of aryl methyl sites for hydroxylation is 1. The standard InChI is InChI=1S/C19H19N3O4S/c1-14-11-18(20-26-14)21-27(24,25)17-10-6-9-16(12-17)19(23)22(2)13-15-7-4-3-5-8-15/h3-12H,13H2,1-2H3,(H,20,21). The first kappa shape index (κ1) is 18.7. The van der Waals surface area contributed by atoms with Crippen molar-refractivity contribution in [2.24, 2.45) is 0 Å². The van der Waals surface area contributed by atoms with E-state index in [4.69, 9.17) is 4.52 Å². The maximum atomic E-state index is 12.7. The lowest BCUT2D eigenvalue weighted by atomic mass is 10.1. The molecule has 0 aliphatic heterocycles. The van der Waals surface area contributed by atoms with E-state index < -0.39 is 10.0 Å². The summed E-state index contributed by atoms with van der Waals surface area (Å²) in [5, 5.41) is 3.62. The second-order valence-corrected chi connectivity index (χ2v) is 7.79. The number of benzene rings is 2. The van der Waals surface area contributed by atoms with E-state index in [-0.39, 0.29) is 22.2 Å². The molecule has 0 radical (unpaired) electrons. The van der Waals surface area contributed by atoms with Crippen molar-refractivity contribution in [1.29, 1.82) is 0 Å². The van der Waals surface area contributed by atoms with Gasteiger partial charge < -0.3 is 9.42 Å². The van der Waals surface area contributed by atoms with E-state index in [1.807, 2.05) is 30.3 Å². The second kappa shape index (κ2) is 7.63. The molecule has 3 aromatic rings. The number of rotatable bonds is 6. The molecule has 0 atom stereocenters. The summed E-state index contributed by atoms with van der Waals surface area (Å²) >= 11 is 0. The minimum atomic E-state index is -3.88. The van der Waals surface area contributed by atoms with Crippen LogP contribution in [0.4, 0.5) is 5.82 Å². The van der Waals surface area contributed by atoms with Gasteiger partial charge in [0.15, 0.2) is 5.82 Å². The zero-order chi connectivity index (χ0) is 19.4. The quantitative estimate of drug-likeness (QED) is 0.704. The smallest absolute Gasteiger partial charge is 0.263 e. The minimum absolute atomic E-state index is 0.0258. The maximum absolute atomic E-state index is 12.7. The van der Waals surface area contributed by atoms with Crippen LogP contribution in [0.2, 0.25) is 0 Å². The normalized spacial score (nSPS) is 11.2. The van der Waals surface area contributed by atoms with Crippen LogP contribution in [0.3, 0.4) is 0 Å².